The molecular formula is C12H14FN3O. The van der Waals surface area contributed by atoms with Crippen molar-refractivity contribution in [1.29, 1.82) is 5.26 Å². The fourth-order valence-corrected chi connectivity index (χ4v) is 1.29. The highest BCUT2D eigenvalue weighted by molar-refractivity contribution is 5.80. The van der Waals surface area contributed by atoms with E-state index in [1.165, 1.54) is 11.0 Å². The van der Waals surface area contributed by atoms with E-state index in [0.717, 1.165) is 6.07 Å². The largest absolute Gasteiger partial charge is 0.365 e. The Kier molecular flexibility index (Phi) is 4.05. The number of nitriles is 1. The number of anilines is 1. The van der Waals surface area contributed by atoms with Crippen LogP contribution in [0.2, 0.25) is 0 Å². The second-order valence-electron chi connectivity index (χ2n) is 3.95. The molecule has 0 heterocycles. The summed E-state index contributed by atoms with van der Waals surface area (Å²) >= 11 is 0. The van der Waals surface area contributed by atoms with Gasteiger partial charge in [-0.1, -0.05) is 0 Å². The molecule has 0 saturated heterocycles. The topological polar surface area (TPSA) is 47.3 Å². The van der Waals surface area contributed by atoms with Crippen LogP contribution in [0.25, 0.3) is 0 Å². The van der Waals surface area contributed by atoms with Gasteiger partial charge < -0.3 is 9.80 Å². The van der Waals surface area contributed by atoms with Crippen LogP contribution in [0.15, 0.2) is 18.2 Å². The Balaban J connectivity index is 2.89. The quantitative estimate of drug-likeness (QED) is 0.791. The van der Waals surface area contributed by atoms with Crippen LogP contribution in [0.5, 0.6) is 0 Å². The lowest BCUT2D eigenvalue weighted by Crippen LogP contribution is -2.34. The molecule has 1 aromatic carbocycles. The standard InChI is InChI=1S/C12H14FN3O/c1-15(2)12(17)8-16(3)11-5-9(7-14)4-10(13)6-11/h4-6H,8H2,1-3H3. The number of carbonyl (C=O) groups excluding carboxylic acids is 1. The van der Waals surface area contributed by atoms with Crippen molar-refractivity contribution in [1.82, 2.24) is 4.90 Å². The van der Waals surface area contributed by atoms with Crippen molar-refractivity contribution in [3.05, 3.63) is 29.6 Å². The third kappa shape index (κ3) is 3.45. The van der Waals surface area contributed by atoms with Crippen LogP contribution in [-0.2, 0) is 4.79 Å². The molecule has 1 aromatic rings. The minimum atomic E-state index is -0.483. The molecule has 0 N–H and O–H groups in total. The Labute approximate surface area is 99.9 Å². The molecule has 0 aliphatic heterocycles. The summed E-state index contributed by atoms with van der Waals surface area (Å²) in [5.41, 5.74) is 0.751. The highest BCUT2D eigenvalue weighted by Crippen LogP contribution is 2.17. The van der Waals surface area contributed by atoms with Gasteiger partial charge in [-0.2, -0.15) is 5.26 Å². The highest BCUT2D eigenvalue weighted by Gasteiger charge is 2.10. The molecule has 0 unspecified atom stereocenters. The summed E-state index contributed by atoms with van der Waals surface area (Å²) in [5.74, 6) is -0.571. The monoisotopic (exact) mass is 235 g/mol. The average molecular weight is 235 g/mol. The predicted octanol–water partition coefficient (Wildman–Crippen LogP) is 1.22. The van der Waals surface area contributed by atoms with Gasteiger partial charge >= 0.3 is 0 Å². The van der Waals surface area contributed by atoms with Crippen molar-refractivity contribution in [3.63, 3.8) is 0 Å². The summed E-state index contributed by atoms with van der Waals surface area (Å²) in [6.07, 6.45) is 0. The number of hydrogen-bond donors (Lipinski definition) is 0. The van der Waals surface area contributed by atoms with Crippen molar-refractivity contribution in [3.8, 4) is 6.07 Å². The van der Waals surface area contributed by atoms with Crippen molar-refractivity contribution < 1.29 is 9.18 Å². The Morgan fingerprint density at radius 1 is 1.35 bits per heavy atom. The van der Waals surface area contributed by atoms with Crippen LogP contribution in [0, 0.1) is 17.1 Å². The summed E-state index contributed by atoms with van der Waals surface area (Å²) in [5, 5.41) is 8.73. The number of carbonyl (C=O) groups is 1. The van der Waals surface area contributed by atoms with E-state index in [1.54, 1.807) is 32.1 Å². The summed E-state index contributed by atoms with van der Waals surface area (Å²) in [7, 11) is 4.99. The first-order valence-corrected chi connectivity index (χ1v) is 5.06. The van der Waals surface area contributed by atoms with E-state index in [4.69, 9.17) is 5.26 Å². The fourth-order valence-electron chi connectivity index (χ4n) is 1.29. The van der Waals surface area contributed by atoms with Gasteiger partial charge in [-0.25, -0.2) is 4.39 Å². The highest BCUT2D eigenvalue weighted by atomic mass is 19.1. The number of hydrogen-bond acceptors (Lipinski definition) is 3. The van der Waals surface area contributed by atoms with Crippen LogP contribution in [0.1, 0.15) is 5.56 Å². The molecule has 0 bridgehead atoms. The van der Waals surface area contributed by atoms with Crippen molar-refractivity contribution >= 4 is 11.6 Å². The summed E-state index contributed by atoms with van der Waals surface area (Å²) in [6, 6.07) is 5.88. The van der Waals surface area contributed by atoms with Gasteiger partial charge in [-0.3, -0.25) is 4.79 Å². The van der Waals surface area contributed by atoms with Crippen LogP contribution in [0.4, 0.5) is 10.1 Å². The molecule has 90 valence electrons. The van der Waals surface area contributed by atoms with Gasteiger partial charge in [0.2, 0.25) is 5.91 Å². The first-order valence-electron chi connectivity index (χ1n) is 5.06. The van der Waals surface area contributed by atoms with Gasteiger partial charge in [0.1, 0.15) is 5.82 Å². The zero-order valence-corrected chi connectivity index (χ0v) is 10.1. The smallest absolute Gasteiger partial charge is 0.241 e. The molecule has 0 radical (unpaired) electrons. The molecule has 4 nitrogen and oxygen atoms in total. The summed E-state index contributed by atoms with van der Waals surface area (Å²) < 4.78 is 13.2. The van der Waals surface area contributed by atoms with E-state index < -0.39 is 5.82 Å². The second kappa shape index (κ2) is 5.30. The van der Waals surface area contributed by atoms with E-state index in [-0.39, 0.29) is 18.0 Å². The fraction of sp³-hybridized carbons (Fsp3) is 0.333. The lowest BCUT2D eigenvalue weighted by Gasteiger charge is -2.21. The lowest BCUT2D eigenvalue weighted by atomic mass is 10.2. The van der Waals surface area contributed by atoms with Gasteiger partial charge in [-0.15, -0.1) is 0 Å². The molecule has 0 aliphatic carbocycles. The summed E-state index contributed by atoms with van der Waals surface area (Å²) in [4.78, 5) is 14.6. The van der Waals surface area contributed by atoms with Gasteiger partial charge in [0.15, 0.2) is 0 Å². The Morgan fingerprint density at radius 2 is 2.00 bits per heavy atom. The number of amides is 1. The second-order valence-corrected chi connectivity index (χ2v) is 3.95. The SMILES string of the molecule is CN(C)C(=O)CN(C)c1cc(F)cc(C#N)c1. The van der Waals surface area contributed by atoms with Crippen LogP contribution in [0.3, 0.4) is 0 Å². The van der Waals surface area contributed by atoms with Crippen molar-refractivity contribution in [2.24, 2.45) is 0 Å². The van der Waals surface area contributed by atoms with Gasteiger partial charge in [0, 0.05) is 26.8 Å². The van der Waals surface area contributed by atoms with E-state index in [0.29, 0.717) is 5.69 Å². The zero-order valence-electron chi connectivity index (χ0n) is 10.1. The average Bonchev–Trinajstić information content (AvgIpc) is 2.27. The lowest BCUT2D eigenvalue weighted by molar-refractivity contribution is -0.127. The first kappa shape index (κ1) is 13.0. The molecule has 17 heavy (non-hydrogen) atoms. The maximum Gasteiger partial charge on any atom is 0.241 e. The Morgan fingerprint density at radius 3 is 2.53 bits per heavy atom. The van der Waals surface area contributed by atoms with Crippen LogP contribution >= 0.6 is 0 Å². The zero-order chi connectivity index (χ0) is 13.0. The molecule has 1 amide bonds. The number of benzene rings is 1. The minimum absolute atomic E-state index is 0.0877. The van der Waals surface area contributed by atoms with E-state index >= 15 is 0 Å². The first-order chi connectivity index (χ1) is 7.93. The molecule has 0 aliphatic rings. The third-order valence-corrected chi connectivity index (χ3v) is 2.32. The van der Waals surface area contributed by atoms with E-state index in [9.17, 15) is 9.18 Å². The number of halogens is 1. The van der Waals surface area contributed by atoms with Gasteiger partial charge in [0.05, 0.1) is 18.2 Å². The van der Waals surface area contributed by atoms with Crippen molar-refractivity contribution in [2.75, 3.05) is 32.6 Å². The maximum atomic E-state index is 13.2. The number of nitrogens with zero attached hydrogens (tertiary/aromatic N) is 3. The van der Waals surface area contributed by atoms with E-state index in [2.05, 4.69) is 0 Å². The van der Waals surface area contributed by atoms with Gasteiger partial charge in [-0.05, 0) is 18.2 Å². The molecule has 1 rings (SSSR count). The molecule has 5 heteroatoms. The van der Waals surface area contributed by atoms with E-state index in [1.807, 2.05) is 6.07 Å². The third-order valence-electron chi connectivity index (χ3n) is 2.32. The van der Waals surface area contributed by atoms with Crippen LogP contribution < -0.4 is 4.90 Å². The minimum Gasteiger partial charge on any atom is -0.365 e. The predicted molar refractivity (Wildman–Crippen MR) is 63.1 cm³/mol. The summed E-state index contributed by atoms with van der Waals surface area (Å²) in [6.45, 7) is 0.140. The molecule has 0 aromatic heterocycles. The van der Waals surface area contributed by atoms with Crippen LogP contribution in [-0.4, -0.2) is 38.5 Å². The maximum absolute atomic E-state index is 13.2. The molecule has 0 spiro atoms. The molecule has 0 atom stereocenters. The molecule has 0 saturated carbocycles. The Hall–Kier alpha value is -2.09. The molecular weight excluding hydrogens is 221 g/mol. The van der Waals surface area contributed by atoms with Crippen molar-refractivity contribution in [2.45, 2.75) is 0 Å². The molecule has 0 fully saturated rings. The normalized spacial score (nSPS) is 9.59. The number of likely N-dealkylation sites (N-methyl/N-ethyl adjacent to an activating group) is 2. The Bertz CT molecular complexity index is 465. The number of rotatable bonds is 3. The van der Waals surface area contributed by atoms with Gasteiger partial charge in [0.25, 0.3) is 0 Å².